The summed E-state index contributed by atoms with van der Waals surface area (Å²) in [5.41, 5.74) is 4.73. The Hall–Kier alpha value is -2.86. The number of Topliss-reactive ketones (excluding diaryl/α,β-unsaturated/α-hetero) is 1. The van der Waals surface area contributed by atoms with Crippen LogP contribution in [-0.2, 0) is 4.79 Å². The molecule has 138 valence electrons. The molecule has 27 heavy (non-hydrogen) atoms. The van der Waals surface area contributed by atoms with Crippen molar-refractivity contribution in [2.45, 2.75) is 25.9 Å². The van der Waals surface area contributed by atoms with Crippen molar-refractivity contribution in [1.82, 2.24) is 9.55 Å². The van der Waals surface area contributed by atoms with Gasteiger partial charge in [0.1, 0.15) is 0 Å². The van der Waals surface area contributed by atoms with E-state index >= 15 is 0 Å². The number of aryl methyl sites for hydroxylation is 2. The fourth-order valence-corrected chi connectivity index (χ4v) is 3.67. The number of nitrogens with zero attached hydrogens (tertiary/aromatic N) is 2. The van der Waals surface area contributed by atoms with Gasteiger partial charge in [0, 0.05) is 30.6 Å². The molecular weight excluding hydrogens is 358 g/mol. The zero-order valence-corrected chi connectivity index (χ0v) is 16.3. The second-order valence-electron chi connectivity index (χ2n) is 6.34. The molecule has 0 saturated carbocycles. The van der Waals surface area contributed by atoms with E-state index in [4.69, 9.17) is 0 Å². The number of hydrogen-bond acceptors (Lipinski definition) is 4. The SMILES string of the molecule is CC(=O)Nc1ccc(C(=O)CSc2nccn2-c2ccc(C)cc2C)cc1. The van der Waals surface area contributed by atoms with Crippen LogP contribution in [0.15, 0.2) is 60.0 Å². The molecule has 0 aliphatic rings. The van der Waals surface area contributed by atoms with Crippen molar-refractivity contribution in [1.29, 1.82) is 0 Å². The molecule has 0 radical (unpaired) electrons. The molecule has 0 aliphatic heterocycles. The number of hydrogen-bond donors (Lipinski definition) is 1. The second kappa shape index (κ2) is 8.22. The van der Waals surface area contributed by atoms with E-state index in [1.54, 1.807) is 30.5 Å². The summed E-state index contributed by atoms with van der Waals surface area (Å²) in [6.45, 7) is 5.59. The van der Waals surface area contributed by atoms with Crippen molar-refractivity contribution < 1.29 is 9.59 Å². The van der Waals surface area contributed by atoms with Crippen LogP contribution in [0.1, 0.15) is 28.4 Å². The molecule has 5 nitrogen and oxygen atoms in total. The number of rotatable bonds is 6. The van der Waals surface area contributed by atoms with Gasteiger partial charge in [0.2, 0.25) is 5.91 Å². The number of ketones is 1. The van der Waals surface area contributed by atoms with Gasteiger partial charge in [-0.25, -0.2) is 4.98 Å². The summed E-state index contributed by atoms with van der Waals surface area (Å²) < 4.78 is 2.01. The van der Waals surface area contributed by atoms with E-state index in [-0.39, 0.29) is 11.7 Å². The third-order valence-electron chi connectivity index (χ3n) is 4.08. The molecule has 3 aromatic rings. The first-order chi connectivity index (χ1) is 12.9. The first-order valence-electron chi connectivity index (χ1n) is 8.58. The molecule has 0 saturated heterocycles. The van der Waals surface area contributed by atoms with Gasteiger partial charge in [0.25, 0.3) is 0 Å². The fourth-order valence-electron chi connectivity index (χ4n) is 2.81. The Bertz CT molecular complexity index is 977. The van der Waals surface area contributed by atoms with Crippen LogP contribution in [0.25, 0.3) is 5.69 Å². The summed E-state index contributed by atoms with van der Waals surface area (Å²) in [5, 5.41) is 3.47. The smallest absolute Gasteiger partial charge is 0.221 e. The second-order valence-corrected chi connectivity index (χ2v) is 7.28. The average molecular weight is 379 g/mol. The summed E-state index contributed by atoms with van der Waals surface area (Å²) in [6, 6.07) is 13.2. The Labute approximate surface area is 162 Å². The van der Waals surface area contributed by atoms with E-state index in [9.17, 15) is 9.59 Å². The van der Waals surface area contributed by atoms with Crippen molar-refractivity contribution in [3.8, 4) is 5.69 Å². The highest BCUT2D eigenvalue weighted by atomic mass is 32.2. The minimum absolute atomic E-state index is 0.0181. The van der Waals surface area contributed by atoms with Crippen LogP contribution in [0.2, 0.25) is 0 Å². The van der Waals surface area contributed by atoms with Gasteiger partial charge < -0.3 is 5.32 Å². The Morgan fingerprint density at radius 1 is 1.11 bits per heavy atom. The molecule has 2 aromatic carbocycles. The molecule has 1 amide bonds. The highest BCUT2D eigenvalue weighted by Crippen LogP contribution is 2.24. The molecule has 0 aliphatic carbocycles. The summed E-state index contributed by atoms with van der Waals surface area (Å²) in [7, 11) is 0. The highest BCUT2D eigenvalue weighted by molar-refractivity contribution is 7.99. The monoisotopic (exact) mass is 379 g/mol. The Morgan fingerprint density at radius 2 is 1.85 bits per heavy atom. The van der Waals surface area contributed by atoms with Gasteiger partial charge in [-0.3, -0.25) is 14.2 Å². The van der Waals surface area contributed by atoms with Crippen molar-refractivity contribution in [2.75, 3.05) is 11.1 Å². The van der Waals surface area contributed by atoms with Crippen molar-refractivity contribution in [2.24, 2.45) is 0 Å². The molecule has 1 N–H and O–H groups in total. The van der Waals surface area contributed by atoms with E-state index in [2.05, 4.69) is 42.3 Å². The number of aromatic nitrogens is 2. The number of imidazole rings is 1. The first kappa shape index (κ1) is 18.9. The predicted molar refractivity (Wildman–Crippen MR) is 109 cm³/mol. The van der Waals surface area contributed by atoms with E-state index in [1.165, 1.54) is 24.2 Å². The van der Waals surface area contributed by atoms with Crippen molar-refractivity contribution in [3.63, 3.8) is 0 Å². The predicted octanol–water partition coefficient (Wildman–Crippen LogP) is 4.42. The molecule has 3 rings (SSSR count). The summed E-state index contributed by atoms with van der Waals surface area (Å²) in [5.74, 6) is 0.175. The molecule has 0 spiro atoms. The molecular formula is C21H21N3O2S. The van der Waals surface area contributed by atoms with Crippen LogP contribution in [0.5, 0.6) is 0 Å². The van der Waals surface area contributed by atoms with Crippen LogP contribution < -0.4 is 5.32 Å². The molecule has 0 unspecified atom stereocenters. The molecule has 0 atom stereocenters. The van der Waals surface area contributed by atoms with E-state index in [1.807, 2.05) is 10.8 Å². The highest BCUT2D eigenvalue weighted by Gasteiger charge is 2.12. The van der Waals surface area contributed by atoms with Gasteiger partial charge in [0.05, 0.1) is 11.4 Å². The van der Waals surface area contributed by atoms with Gasteiger partial charge in [-0.2, -0.15) is 0 Å². The largest absolute Gasteiger partial charge is 0.326 e. The third-order valence-corrected chi connectivity index (χ3v) is 5.05. The number of benzene rings is 2. The summed E-state index contributed by atoms with van der Waals surface area (Å²) in [6.07, 6.45) is 3.65. The molecule has 6 heteroatoms. The maximum atomic E-state index is 12.5. The average Bonchev–Trinajstić information content (AvgIpc) is 3.08. The van der Waals surface area contributed by atoms with Crippen molar-refractivity contribution >= 4 is 29.1 Å². The summed E-state index contributed by atoms with van der Waals surface area (Å²) >= 11 is 1.41. The maximum absolute atomic E-state index is 12.5. The van der Waals surface area contributed by atoms with Crippen LogP contribution in [0, 0.1) is 13.8 Å². The minimum Gasteiger partial charge on any atom is -0.326 e. The Kier molecular flexibility index (Phi) is 5.76. The summed E-state index contributed by atoms with van der Waals surface area (Å²) in [4.78, 5) is 27.9. The first-order valence-corrected chi connectivity index (χ1v) is 9.57. The van der Waals surface area contributed by atoms with E-state index < -0.39 is 0 Å². The van der Waals surface area contributed by atoms with E-state index in [0.717, 1.165) is 16.4 Å². The number of carbonyl (C=O) groups excluding carboxylic acids is 2. The normalized spacial score (nSPS) is 10.6. The maximum Gasteiger partial charge on any atom is 0.221 e. The topological polar surface area (TPSA) is 64.0 Å². The molecule has 1 heterocycles. The lowest BCUT2D eigenvalue weighted by molar-refractivity contribution is -0.114. The lowest BCUT2D eigenvalue weighted by atomic mass is 10.1. The zero-order valence-electron chi connectivity index (χ0n) is 15.5. The lowest BCUT2D eigenvalue weighted by Crippen LogP contribution is -2.07. The number of anilines is 1. The number of carbonyl (C=O) groups is 2. The standard InChI is InChI=1S/C21H21N3O2S/c1-14-4-9-19(15(2)12-14)24-11-10-22-21(24)27-13-20(26)17-5-7-18(8-6-17)23-16(3)25/h4-12H,13H2,1-3H3,(H,23,25). The lowest BCUT2D eigenvalue weighted by Gasteiger charge is -2.11. The Morgan fingerprint density at radius 3 is 2.52 bits per heavy atom. The van der Waals surface area contributed by atoms with Gasteiger partial charge in [0.15, 0.2) is 10.9 Å². The zero-order chi connectivity index (χ0) is 19.4. The number of amides is 1. The quantitative estimate of drug-likeness (QED) is 0.509. The number of thioether (sulfide) groups is 1. The van der Waals surface area contributed by atoms with Crippen molar-refractivity contribution in [3.05, 3.63) is 71.5 Å². The van der Waals surface area contributed by atoms with Crippen LogP contribution in [-0.4, -0.2) is 27.0 Å². The number of nitrogens with one attached hydrogen (secondary N) is 1. The fraction of sp³-hybridized carbons (Fsp3) is 0.190. The molecule has 1 aromatic heterocycles. The van der Waals surface area contributed by atoms with Crippen LogP contribution in [0.3, 0.4) is 0 Å². The van der Waals surface area contributed by atoms with Gasteiger partial charge in [-0.1, -0.05) is 29.5 Å². The van der Waals surface area contributed by atoms with Crippen LogP contribution >= 0.6 is 11.8 Å². The van der Waals surface area contributed by atoms with Gasteiger partial charge >= 0.3 is 0 Å². The third kappa shape index (κ3) is 4.65. The van der Waals surface area contributed by atoms with E-state index in [0.29, 0.717) is 17.0 Å². The Balaban J connectivity index is 1.70. The van der Waals surface area contributed by atoms with Gasteiger partial charge in [-0.15, -0.1) is 0 Å². The molecule has 0 bridgehead atoms. The van der Waals surface area contributed by atoms with Crippen LogP contribution in [0.4, 0.5) is 5.69 Å². The van der Waals surface area contributed by atoms with Gasteiger partial charge in [-0.05, 0) is 49.7 Å². The minimum atomic E-state index is -0.136. The molecule has 0 fully saturated rings.